The van der Waals surface area contributed by atoms with Crippen molar-refractivity contribution in [1.82, 2.24) is 10.0 Å². The van der Waals surface area contributed by atoms with E-state index in [1.807, 2.05) is 19.2 Å². The van der Waals surface area contributed by atoms with Crippen LogP contribution in [0.4, 0.5) is 0 Å². The molecule has 3 atom stereocenters. The van der Waals surface area contributed by atoms with Gasteiger partial charge in [-0.3, -0.25) is 0 Å². The molecule has 2 rings (SSSR count). The van der Waals surface area contributed by atoms with E-state index in [0.717, 1.165) is 31.2 Å². The van der Waals surface area contributed by atoms with E-state index in [1.165, 1.54) is 0 Å². The molecule has 0 saturated heterocycles. The van der Waals surface area contributed by atoms with E-state index >= 15 is 0 Å². The topological polar surface area (TPSA) is 58.2 Å². The first-order valence-corrected chi connectivity index (χ1v) is 9.24. The molecule has 118 valence electrons. The number of sulfonamides is 1. The van der Waals surface area contributed by atoms with Crippen molar-refractivity contribution >= 4 is 10.0 Å². The van der Waals surface area contributed by atoms with E-state index in [1.54, 1.807) is 12.1 Å². The van der Waals surface area contributed by atoms with Crippen molar-refractivity contribution in [2.75, 3.05) is 7.05 Å². The Labute approximate surface area is 128 Å². The fourth-order valence-electron chi connectivity index (χ4n) is 3.11. The Kier molecular flexibility index (Phi) is 5.41. The van der Waals surface area contributed by atoms with E-state index in [2.05, 4.69) is 23.9 Å². The minimum atomic E-state index is -3.42. The molecule has 3 unspecified atom stereocenters. The fraction of sp³-hybridized carbons (Fsp3) is 0.625. The Hall–Kier alpha value is -0.910. The van der Waals surface area contributed by atoms with Crippen LogP contribution in [0.2, 0.25) is 0 Å². The Morgan fingerprint density at radius 3 is 2.67 bits per heavy atom. The molecule has 0 radical (unpaired) electrons. The summed E-state index contributed by atoms with van der Waals surface area (Å²) in [6.45, 7) is 4.26. The molecular weight excluding hydrogens is 284 g/mol. The standard InChI is InChI=1S/C16H26N2O2S/c1-4-16(17-3)13-6-5-7-15(11-13)21(19,20)18-14-9-8-12(2)10-14/h5-7,11-12,14,16-18H,4,8-10H2,1-3H3. The van der Waals surface area contributed by atoms with Crippen LogP contribution in [0.5, 0.6) is 0 Å². The van der Waals surface area contributed by atoms with Gasteiger partial charge in [-0.2, -0.15) is 0 Å². The number of hydrogen-bond donors (Lipinski definition) is 2. The lowest BCUT2D eigenvalue weighted by Gasteiger charge is -2.17. The van der Waals surface area contributed by atoms with Crippen LogP contribution in [-0.2, 0) is 10.0 Å². The zero-order valence-electron chi connectivity index (χ0n) is 13.1. The third-order valence-electron chi connectivity index (χ3n) is 4.34. The maximum absolute atomic E-state index is 12.5. The highest BCUT2D eigenvalue weighted by Crippen LogP contribution is 2.26. The number of rotatable bonds is 6. The Morgan fingerprint density at radius 1 is 1.33 bits per heavy atom. The highest BCUT2D eigenvalue weighted by atomic mass is 32.2. The number of nitrogens with one attached hydrogen (secondary N) is 2. The smallest absolute Gasteiger partial charge is 0.240 e. The van der Waals surface area contributed by atoms with Crippen LogP contribution in [-0.4, -0.2) is 21.5 Å². The third kappa shape index (κ3) is 4.05. The van der Waals surface area contributed by atoms with E-state index in [9.17, 15) is 8.42 Å². The van der Waals surface area contributed by atoms with Crippen molar-refractivity contribution in [2.45, 2.75) is 56.5 Å². The molecule has 0 amide bonds. The van der Waals surface area contributed by atoms with Crippen LogP contribution in [0.3, 0.4) is 0 Å². The number of benzene rings is 1. The average Bonchev–Trinajstić information content (AvgIpc) is 2.85. The lowest BCUT2D eigenvalue weighted by molar-refractivity contribution is 0.537. The SMILES string of the molecule is CCC(NC)c1cccc(S(=O)(=O)NC2CCC(C)C2)c1. The van der Waals surface area contributed by atoms with Crippen molar-refractivity contribution in [3.05, 3.63) is 29.8 Å². The first-order chi connectivity index (χ1) is 9.96. The van der Waals surface area contributed by atoms with Crippen LogP contribution >= 0.6 is 0 Å². The van der Waals surface area contributed by atoms with E-state index < -0.39 is 10.0 Å². The highest BCUT2D eigenvalue weighted by molar-refractivity contribution is 7.89. The van der Waals surface area contributed by atoms with Gasteiger partial charge in [0.05, 0.1) is 4.90 Å². The predicted octanol–water partition coefficient (Wildman–Crippen LogP) is 2.82. The molecule has 4 nitrogen and oxygen atoms in total. The van der Waals surface area contributed by atoms with Gasteiger partial charge in [0.25, 0.3) is 0 Å². The molecule has 1 aliphatic carbocycles. The summed E-state index contributed by atoms with van der Waals surface area (Å²) in [6.07, 6.45) is 3.90. The summed E-state index contributed by atoms with van der Waals surface area (Å²) < 4.78 is 27.9. The van der Waals surface area contributed by atoms with Crippen LogP contribution < -0.4 is 10.0 Å². The summed E-state index contributed by atoms with van der Waals surface area (Å²) in [7, 11) is -1.52. The molecule has 1 aliphatic rings. The van der Waals surface area contributed by atoms with Crippen LogP contribution in [0, 0.1) is 5.92 Å². The normalized spacial score (nSPS) is 24.1. The molecule has 0 bridgehead atoms. The highest BCUT2D eigenvalue weighted by Gasteiger charge is 2.26. The molecule has 1 aromatic rings. The van der Waals surface area contributed by atoms with Gasteiger partial charge in [-0.25, -0.2) is 13.1 Å². The maximum atomic E-state index is 12.5. The summed E-state index contributed by atoms with van der Waals surface area (Å²) in [6, 6.07) is 7.52. The maximum Gasteiger partial charge on any atom is 0.240 e. The van der Waals surface area contributed by atoms with Gasteiger partial charge in [-0.1, -0.05) is 26.0 Å². The molecule has 2 N–H and O–H groups in total. The minimum Gasteiger partial charge on any atom is -0.313 e. The second-order valence-corrected chi connectivity index (χ2v) is 7.77. The van der Waals surface area contributed by atoms with E-state index in [-0.39, 0.29) is 12.1 Å². The summed E-state index contributed by atoms with van der Waals surface area (Å²) in [5, 5.41) is 3.21. The minimum absolute atomic E-state index is 0.0833. The third-order valence-corrected chi connectivity index (χ3v) is 5.86. The van der Waals surface area contributed by atoms with Gasteiger partial charge >= 0.3 is 0 Å². The second kappa shape index (κ2) is 6.90. The molecule has 1 aromatic carbocycles. The second-order valence-electron chi connectivity index (χ2n) is 6.06. The molecule has 0 aromatic heterocycles. The molecule has 0 aliphatic heterocycles. The zero-order valence-corrected chi connectivity index (χ0v) is 13.9. The largest absolute Gasteiger partial charge is 0.313 e. The quantitative estimate of drug-likeness (QED) is 0.849. The van der Waals surface area contributed by atoms with Crippen LogP contribution in [0.1, 0.15) is 51.1 Å². The molecule has 0 spiro atoms. The predicted molar refractivity (Wildman–Crippen MR) is 85.7 cm³/mol. The summed E-state index contributed by atoms with van der Waals surface area (Å²) in [5.41, 5.74) is 1.02. The first kappa shape index (κ1) is 16.5. The molecule has 0 heterocycles. The van der Waals surface area contributed by atoms with Gasteiger partial charge in [0, 0.05) is 12.1 Å². The fourth-order valence-corrected chi connectivity index (χ4v) is 4.44. The van der Waals surface area contributed by atoms with Gasteiger partial charge in [0.2, 0.25) is 10.0 Å². The lowest BCUT2D eigenvalue weighted by Crippen LogP contribution is -2.33. The van der Waals surface area contributed by atoms with Crippen LogP contribution in [0.15, 0.2) is 29.2 Å². The van der Waals surface area contributed by atoms with Crippen molar-refractivity contribution in [2.24, 2.45) is 5.92 Å². The van der Waals surface area contributed by atoms with Crippen molar-refractivity contribution in [3.63, 3.8) is 0 Å². The van der Waals surface area contributed by atoms with E-state index in [0.29, 0.717) is 10.8 Å². The van der Waals surface area contributed by atoms with Gasteiger partial charge in [0.15, 0.2) is 0 Å². The van der Waals surface area contributed by atoms with Gasteiger partial charge in [-0.15, -0.1) is 0 Å². The van der Waals surface area contributed by atoms with Gasteiger partial charge in [-0.05, 0) is 56.3 Å². The molecule has 1 saturated carbocycles. The first-order valence-electron chi connectivity index (χ1n) is 7.75. The average molecular weight is 310 g/mol. The molecular formula is C16H26N2O2S. The monoisotopic (exact) mass is 310 g/mol. The van der Waals surface area contributed by atoms with Crippen molar-refractivity contribution in [3.8, 4) is 0 Å². The van der Waals surface area contributed by atoms with Gasteiger partial charge in [0.1, 0.15) is 0 Å². The lowest BCUT2D eigenvalue weighted by atomic mass is 10.1. The van der Waals surface area contributed by atoms with Crippen molar-refractivity contribution in [1.29, 1.82) is 0 Å². The Balaban J connectivity index is 2.18. The Bertz CT molecular complexity index is 567. The summed E-state index contributed by atoms with van der Waals surface area (Å²) >= 11 is 0. The number of hydrogen-bond acceptors (Lipinski definition) is 3. The van der Waals surface area contributed by atoms with E-state index in [4.69, 9.17) is 0 Å². The van der Waals surface area contributed by atoms with Crippen LogP contribution in [0.25, 0.3) is 0 Å². The summed E-state index contributed by atoms with van der Waals surface area (Å²) in [5.74, 6) is 0.609. The molecule has 21 heavy (non-hydrogen) atoms. The van der Waals surface area contributed by atoms with Gasteiger partial charge < -0.3 is 5.32 Å². The molecule has 1 fully saturated rings. The Morgan fingerprint density at radius 2 is 2.10 bits per heavy atom. The van der Waals surface area contributed by atoms with Crippen molar-refractivity contribution < 1.29 is 8.42 Å². The zero-order chi connectivity index (χ0) is 15.5. The molecule has 5 heteroatoms. The summed E-state index contributed by atoms with van der Waals surface area (Å²) in [4.78, 5) is 0.369.